The molecule has 0 saturated carbocycles. The van der Waals surface area contributed by atoms with Gasteiger partial charge in [-0.25, -0.2) is 0 Å². The van der Waals surface area contributed by atoms with Crippen molar-refractivity contribution in [3.05, 3.63) is 100 Å². The second kappa shape index (κ2) is 9.36. The number of ketones is 1. The third-order valence-corrected chi connectivity index (χ3v) is 6.11. The van der Waals surface area contributed by atoms with Crippen LogP contribution in [0.4, 0.5) is 5.69 Å². The number of nitrogens with zero attached hydrogens (tertiary/aromatic N) is 4. The molecule has 1 aliphatic rings. The number of benzene rings is 3. The van der Waals surface area contributed by atoms with Crippen LogP contribution in [0.5, 0.6) is 11.5 Å². The molecule has 0 fully saturated rings. The summed E-state index contributed by atoms with van der Waals surface area (Å²) in [6.45, 7) is 0.263. The molecule has 0 N–H and O–H groups in total. The standard InChI is InChI=1S/C24H18N4O5S/c29-19(16-7-6-10-18(13-16)28(30)31)15-34-24-26-25-23(27(24)17-8-2-1-3-9-17)22-14-32-20-11-4-5-12-21(20)33-22/h1-13,22H,14-15H2/t22-/m1/s1. The fourth-order valence-electron chi connectivity index (χ4n) is 3.56. The zero-order valence-electron chi connectivity index (χ0n) is 17.7. The van der Waals surface area contributed by atoms with Crippen LogP contribution in [-0.2, 0) is 0 Å². The zero-order valence-corrected chi connectivity index (χ0v) is 18.6. The van der Waals surface area contributed by atoms with E-state index in [4.69, 9.17) is 9.47 Å². The van der Waals surface area contributed by atoms with Gasteiger partial charge in [0, 0.05) is 23.4 Å². The quantitative estimate of drug-likeness (QED) is 0.165. The minimum absolute atomic E-state index is 0.0387. The van der Waals surface area contributed by atoms with E-state index < -0.39 is 11.0 Å². The van der Waals surface area contributed by atoms with Crippen LogP contribution in [0.1, 0.15) is 22.3 Å². The molecule has 3 aromatic carbocycles. The lowest BCUT2D eigenvalue weighted by molar-refractivity contribution is -0.384. The second-order valence-electron chi connectivity index (χ2n) is 7.40. The van der Waals surface area contributed by atoms with Crippen molar-refractivity contribution >= 4 is 23.2 Å². The van der Waals surface area contributed by atoms with E-state index >= 15 is 0 Å². The third-order valence-electron chi connectivity index (χ3n) is 5.18. The maximum absolute atomic E-state index is 12.7. The number of carbonyl (C=O) groups excluding carboxylic acids is 1. The number of nitro benzene ring substituents is 1. The highest BCUT2D eigenvalue weighted by Gasteiger charge is 2.29. The molecule has 0 unspecified atom stereocenters. The van der Waals surface area contributed by atoms with E-state index in [1.54, 1.807) is 6.07 Å². The number of carbonyl (C=O) groups is 1. The monoisotopic (exact) mass is 474 g/mol. The molecule has 0 saturated heterocycles. The Balaban J connectivity index is 1.42. The number of non-ortho nitro benzene ring substituents is 1. The van der Waals surface area contributed by atoms with Crippen molar-refractivity contribution in [3.8, 4) is 17.2 Å². The average Bonchev–Trinajstić information content (AvgIpc) is 3.31. The van der Waals surface area contributed by atoms with Gasteiger partial charge >= 0.3 is 0 Å². The van der Waals surface area contributed by atoms with Gasteiger partial charge in [-0.05, 0) is 24.3 Å². The molecule has 0 radical (unpaired) electrons. The molecule has 1 aromatic heterocycles. The van der Waals surface area contributed by atoms with Crippen LogP contribution in [0.15, 0.2) is 84.0 Å². The predicted molar refractivity (Wildman–Crippen MR) is 125 cm³/mol. The lowest BCUT2D eigenvalue weighted by Crippen LogP contribution is -2.24. The van der Waals surface area contributed by atoms with Crippen molar-refractivity contribution in [3.63, 3.8) is 0 Å². The Morgan fingerprint density at radius 3 is 2.59 bits per heavy atom. The summed E-state index contributed by atoms with van der Waals surface area (Å²) in [4.78, 5) is 23.3. The summed E-state index contributed by atoms with van der Waals surface area (Å²) in [6.07, 6.45) is -0.496. The van der Waals surface area contributed by atoms with E-state index in [1.807, 2.05) is 59.2 Å². The van der Waals surface area contributed by atoms with Gasteiger partial charge in [0.25, 0.3) is 5.69 Å². The minimum Gasteiger partial charge on any atom is -0.485 e. The lowest BCUT2D eigenvalue weighted by atomic mass is 10.1. The van der Waals surface area contributed by atoms with Crippen LogP contribution in [0.25, 0.3) is 5.69 Å². The molecule has 34 heavy (non-hydrogen) atoms. The maximum Gasteiger partial charge on any atom is 0.270 e. The van der Waals surface area contributed by atoms with E-state index in [-0.39, 0.29) is 29.4 Å². The van der Waals surface area contributed by atoms with Crippen LogP contribution in [0.2, 0.25) is 0 Å². The Kier molecular flexibility index (Phi) is 5.96. The highest BCUT2D eigenvalue weighted by atomic mass is 32.2. The first-order valence-corrected chi connectivity index (χ1v) is 11.4. The molecule has 0 spiro atoms. The van der Waals surface area contributed by atoms with E-state index in [0.717, 1.165) is 5.69 Å². The molecular weight excluding hydrogens is 456 g/mol. The summed E-state index contributed by atoms with van der Waals surface area (Å²) in [5.41, 5.74) is 0.962. The van der Waals surface area contributed by atoms with Gasteiger partial charge in [-0.2, -0.15) is 0 Å². The van der Waals surface area contributed by atoms with Crippen molar-refractivity contribution in [1.29, 1.82) is 0 Å². The molecule has 4 aromatic rings. The van der Waals surface area contributed by atoms with Gasteiger partial charge in [-0.15, -0.1) is 10.2 Å². The molecule has 0 bridgehead atoms. The Bertz CT molecular complexity index is 1360. The molecule has 0 aliphatic carbocycles. The second-order valence-corrected chi connectivity index (χ2v) is 8.34. The smallest absolute Gasteiger partial charge is 0.270 e. The molecule has 0 amide bonds. The predicted octanol–water partition coefficient (Wildman–Crippen LogP) is 4.66. The number of hydrogen-bond acceptors (Lipinski definition) is 8. The fourth-order valence-corrected chi connectivity index (χ4v) is 4.41. The van der Waals surface area contributed by atoms with E-state index in [2.05, 4.69) is 10.2 Å². The van der Waals surface area contributed by atoms with Gasteiger partial charge in [0.15, 0.2) is 34.4 Å². The molecule has 170 valence electrons. The van der Waals surface area contributed by atoms with Crippen LogP contribution in [-0.4, -0.2) is 37.8 Å². The van der Waals surface area contributed by atoms with E-state index in [1.165, 1.54) is 30.0 Å². The SMILES string of the molecule is O=C(CSc1nnc([C@H]2COc3ccccc3O2)n1-c1ccccc1)c1cccc([N+](=O)[O-])c1. The first-order chi connectivity index (χ1) is 16.6. The number of aromatic nitrogens is 3. The van der Waals surface area contributed by atoms with Gasteiger partial charge in [0.05, 0.1) is 10.7 Å². The lowest BCUT2D eigenvalue weighted by Gasteiger charge is -2.26. The van der Waals surface area contributed by atoms with Crippen molar-refractivity contribution < 1.29 is 19.2 Å². The van der Waals surface area contributed by atoms with Crippen molar-refractivity contribution in [2.45, 2.75) is 11.3 Å². The van der Waals surface area contributed by atoms with Crippen LogP contribution >= 0.6 is 11.8 Å². The molecule has 9 nitrogen and oxygen atoms in total. The van der Waals surface area contributed by atoms with Crippen molar-refractivity contribution in [2.24, 2.45) is 0 Å². The van der Waals surface area contributed by atoms with Gasteiger partial charge in [0.1, 0.15) is 6.61 Å². The highest BCUT2D eigenvalue weighted by Crippen LogP contribution is 2.37. The molecule has 1 atom stereocenters. The summed E-state index contributed by atoms with van der Waals surface area (Å²) in [5.74, 6) is 1.63. The number of nitro groups is 1. The molecule has 1 aliphatic heterocycles. The molecular formula is C24H18N4O5S. The Labute approximate surface area is 198 Å². The number of hydrogen-bond donors (Lipinski definition) is 0. The van der Waals surface area contributed by atoms with Crippen molar-refractivity contribution in [1.82, 2.24) is 14.8 Å². The highest BCUT2D eigenvalue weighted by molar-refractivity contribution is 7.99. The molecule has 5 rings (SSSR count). The first-order valence-electron chi connectivity index (χ1n) is 10.4. The van der Waals surface area contributed by atoms with Crippen LogP contribution in [0, 0.1) is 10.1 Å². The number of para-hydroxylation sites is 3. The van der Waals surface area contributed by atoms with Crippen LogP contribution in [0.3, 0.4) is 0 Å². The number of ether oxygens (including phenoxy) is 2. The van der Waals surface area contributed by atoms with Crippen LogP contribution < -0.4 is 9.47 Å². The minimum atomic E-state index is -0.521. The first kappa shape index (κ1) is 21.7. The Hall–Kier alpha value is -4.18. The van der Waals surface area contributed by atoms with Gasteiger partial charge in [0.2, 0.25) is 0 Å². The largest absolute Gasteiger partial charge is 0.485 e. The maximum atomic E-state index is 12.7. The van der Waals surface area contributed by atoms with Gasteiger partial charge < -0.3 is 9.47 Å². The Morgan fingerprint density at radius 1 is 1.03 bits per heavy atom. The molecule has 2 heterocycles. The van der Waals surface area contributed by atoms with Gasteiger partial charge in [-0.1, -0.05) is 54.2 Å². The van der Waals surface area contributed by atoms with Crippen molar-refractivity contribution in [2.75, 3.05) is 12.4 Å². The summed E-state index contributed by atoms with van der Waals surface area (Å²) < 4.78 is 13.8. The Morgan fingerprint density at radius 2 is 1.79 bits per heavy atom. The normalized spacial score (nSPS) is 14.5. The van der Waals surface area contributed by atoms with Gasteiger partial charge in [-0.3, -0.25) is 19.5 Å². The number of fused-ring (bicyclic) bond motifs is 1. The fraction of sp³-hybridized carbons (Fsp3) is 0.125. The average molecular weight is 474 g/mol. The number of Topliss-reactive ketones (excluding diaryl/α,β-unsaturated/α-hetero) is 1. The van der Waals surface area contributed by atoms with E-state index in [0.29, 0.717) is 22.5 Å². The molecule has 10 heteroatoms. The third kappa shape index (κ3) is 4.35. The summed E-state index contributed by atoms with van der Waals surface area (Å²) in [5, 5.41) is 20.2. The summed E-state index contributed by atoms with van der Waals surface area (Å²) in [6, 6.07) is 22.6. The van der Waals surface area contributed by atoms with E-state index in [9.17, 15) is 14.9 Å². The topological polar surface area (TPSA) is 109 Å². The number of rotatable bonds is 7. The zero-order chi connectivity index (χ0) is 23.5. The number of thioether (sulfide) groups is 1. The summed E-state index contributed by atoms with van der Waals surface area (Å²) in [7, 11) is 0. The summed E-state index contributed by atoms with van der Waals surface area (Å²) >= 11 is 1.20.